The summed E-state index contributed by atoms with van der Waals surface area (Å²) < 4.78 is 25.7. The van der Waals surface area contributed by atoms with Gasteiger partial charge >= 0.3 is 0 Å². The van der Waals surface area contributed by atoms with Gasteiger partial charge in [-0.05, 0) is 24.3 Å². The third-order valence-corrected chi connectivity index (χ3v) is 3.65. The third-order valence-electron chi connectivity index (χ3n) is 1.93. The van der Waals surface area contributed by atoms with Crippen molar-refractivity contribution in [2.24, 2.45) is 10.9 Å². The van der Waals surface area contributed by atoms with Crippen molar-refractivity contribution in [3.05, 3.63) is 29.3 Å². The van der Waals surface area contributed by atoms with Gasteiger partial charge in [-0.1, -0.05) is 16.8 Å². The molecule has 0 bridgehead atoms. The van der Waals surface area contributed by atoms with E-state index in [4.69, 9.17) is 22.5 Å². The molecular formula is C9H12ClN3O3S. The number of benzene rings is 1. The van der Waals surface area contributed by atoms with E-state index in [0.717, 1.165) is 0 Å². The molecule has 6 nitrogen and oxygen atoms in total. The van der Waals surface area contributed by atoms with Crippen LogP contribution in [0.2, 0.25) is 5.02 Å². The van der Waals surface area contributed by atoms with Crippen molar-refractivity contribution in [3.63, 3.8) is 0 Å². The van der Waals surface area contributed by atoms with E-state index in [0.29, 0.717) is 5.02 Å². The highest BCUT2D eigenvalue weighted by Gasteiger charge is 2.12. The third kappa shape index (κ3) is 4.22. The number of oxime groups is 1. The van der Waals surface area contributed by atoms with Crippen molar-refractivity contribution in [1.29, 1.82) is 0 Å². The van der Waals surface area contributed by atoms with Crippen LogP contribution in [0.4, 0.5) is 0 Å². The lowest BCUT2D eigenvalue weighted by molar-refractivity contribution is 0.317. The number of nitrogens with zero attached hydrogens (tertiary/aromatic N) is 1. The number of nitrogens with two attached hydrogens (primary N) is 1. The quantitative estimate of drug-likeness (QED) is 0.320. The fourth-order valence-electron chi connectivity index (χ4n) is 1.06. The molecule has 0 saturated heterocycles. The van der Waals surface area contributed by atoms with Crippen LogP contribution in [-0.2, 0) is 10.0 Å². The Bertz CT molecular complexity index is 499. The number of hydrogen-bond acceptors (Lipinski definition) is 4. The maximum atomic E-state index is 11.7. The average Bonchev–Trinajstić information content (AvgIpc) is 2.29. The van der Waals surface area contributed by atoms with Crippen molar-refractivity contribution >= 4 is 27.5 Å². The molecule has 1 rings (SSSR count). The summed E-state index contributed by atoms with van der Waals surface area (Å²) in [5.74, 6) is -0.0381. The topological polar surface area (TPSA) is 105 Å². The smallest absolute Gasteiger partial charge is 0.240 e. The van der Waals surface area contributed by atoms with E-state index in [9.17, 15) is 8.42 Å². The molecule has 94 valence electrons. The van der Waals surface area contributed by atoms with Gasteiger partial charge in [0.05, 0.1) is 4.90 Å². The van der Waals surface area contributed by atoms with Gasteiger partial charge in [0.2, 0.25) is 10.0 Å². The normalized spacial score (nSPS) is 12.6. The Hall–Kier alpha value is -1.31. The summed E-state index contributed by atoms with van der Waals surface area (Å²) >= 11 is 5.65. The zero-order valence-corrected chi connectivity index (χ0v) is 10.4. The van der Waals surface area contributed by atoms with Gasteiger partial charge in [-0.25, -0.2) is 13.1 Å². The molecule has 0 atom stereocenters. The van der Waals surface area contributed by atoms with Crippen molar-refractivity contribution in [3.8, 4) is 0 Å². The second-order valence-corrected chi connectivity index (χ2v) is 5.40. The first-order valence-electron chi connectivity index (χ1n) is 4.67. The van der Waals surface area contributed by atoms with Crippen LogP contribution in [0, 0.1) is 0 Å². The summed E-state index contributed by atoms with van der Waals surface area (Å²) in [5, 5.41) is 11.5. The molecule has 0 saturated carbocycles. The van der Waals surface area contributed by atoms with Crippen LogP contribution in [0.5, 0.6) is 0 Å². The van der Waals surface area contributed by atoms with Crippen molar-refractivity contribution in [2.45, 2.75) is 11.3 Å². The first kappa shape index (κ1) is 13.8. The van der Waals surface area contributed by atoms with Gasteiger partial charge < -0.3 is 10.9 Å². The minimum Gasteiger partial charge on any atom is -0.409 e. The number of halogens is 1. The van der Waals surface area contributed by atoms with Gasteiger partial charge in [0.1, 0.15) is 5.84 Å². The molecule has 1 aromatic rings. The minimum atomic E-state index is -3.58. The molecule has 0 unspecified atom stereocenters. The Morgan fingerprint density at radius 2 is 2.00 bits per heavy atom. The van der Waals surface area contributed by atoms with Crippen molar-refractivity contribution in [2.75, 3.05) is 6.54 Å². The molecule has 0 aromatic heterocycles. The number of rotatable bonds is 5. The summed E-state index contributed by atoms with van der Waals surface area (Å²) in [5.41, 5.74) is 5.21. The lowest BCUT2D eigenvalue weighted by atomic mass is 10.4. The van der Waals surface area contributed by atoms with Crippen LogP contribution in [0.25, 0.3) is 0 Å². The number of hydrogen-bond donors (Lipinski definition) is 3. The van der Waals surface area contributed by atoms with Gasteiger partial charge in [-0.15, -0.1) is 0 Å². The number of nitrogens with one attached hydrogen (secondary N) is 1. The monoisotopic (exact) mass is 277 g/mol. The van der Waals surface area contributed by atoms with E-state index in [-0.39, 0.29) is 23.7 Å². The van der Waals surface area contributed by atoms with Crippen molar-refractivity contribution < 1.29 is 13.6 Å². The van der Waals surface area contributed by atoms with E-state index in [1.54, 1.807) is 0 Å². The van der Waals surface area contributed by atoms with Crippen LogP contribution in [0.3, 0.4) is 0 Å². The highest BCUT2D eigenvalue weighted by molar-refractivity contribution is 7.89. The van der Waals surface area contributed by atoms with E-state index in [1.807, 2.05) is 0 Å². The van der Waals surface area contributed by atoms with Crippen LogP contribution < -0.4 is 10.5 Å². The Balaban J connectivity index is 2.66. The summed E-state index contributed by atoms with van der Waals surface area (Å²) in [6.45, 7) is 0.0564. The molecule has 17 heavy (non-hydrogen) atoms. The summed E-state index contributed by atoms with van der Waals surface area (Å²) in [6, 6.07) is 5.77. The van der Waals surface area contributed by atoms with Crippen molar-refractivity contribution in [1.82, 2.24) is 4.72 Å². The highest BCUT2D eigenvalue weighted by Crippen LogP contribution is 2.13. The van der Waals surface area contributed by atoms with E-state index < -0.39 is 10.0 Å². The lowest BCUT2D eigenvalue weighted by Crippen LogP contribution is -2.28. The molecule has 0 fully saturated rings. The maximum absolute atomic E-state index is 11.7. The zero-order valence-electron chi connectivity index (χ0n) is 8.80. The fourth-order valence-corrected chi connectivity index (χ4v) is 2.22. The molecule has 4 N–H and O–H groups in total. The second kappa shape index (κ2) is 5.85. The Kier molecular flexibility index (Phi) is 4.73. The molecule has 0 aliphatic heterocycles. The predicted molar refractivity (Wildman–Crippen MR) is 64.7 cm³/mol. The van der Waals surface area contributed by atoms with E-state index in [2.05, 4.69) is 9.88 Å². The van der Waals surface area contributed by atoms with E-state index >= 15 is 0 Å². The molecule has 0 amide bonds. The van der Waals surface area contributed by atoms with Gasteiger partial charge in [0, 0.05) is 18.0 Å². The zero-order chi connectivity index (χ0) is 12.9. The Morgan fingerprint density at radius 1 is 1.41 bits per heavy atom. The first-order valence-corrected chi connectivity index (χ1v) is 6.53. The van der Waals surface area contributed by atoms with Crippen LogP contribution in [0.15, 0.2) is 34.3 Å². The molecule has 8 heteroatoms. The van der Waals surface area contributed by atoms with E-state index in [1.165, 1.54) is 24.3 Å². The number of amidine groups is 1. The largest absolute Gasteiger partial charge is 0.409 e. The molecule has 0 aliphatic carbocycles. The minimum absolute atomic E-state index is 0.0381. The van der Waals surface area contributed by atoms with Gasteiger partial charge in [0.15, 0.2) is 0 Å². The van der Waals surface area contributed by atoms with Gasteiger partial charge in [-0.2, -0.15) is 0 Å². The Labute approximate surface area is 104 Å². The standard InChI is InChI=1S/C9H12ClN3O3S/c10-7-1-3-8(4-2-7)17(15,16)12-6-5-9(11)13-14/h1-4,12,14H,5-6H2,(H2,11,13). The van der Waals surface area contributed by atoms with Crippen LogP contribution >= 0.6 is 11.6 Å². The molecule has 0 heterocycles. The Morgan fingerprint density at radius 3 is 2.53 bits per heavy atom. The molecule has 1 aromatic carbocycles. The predicted octanol–water partition coefficient (Wildman–Crippen LogP) is 0.755. The summed E-state index contributed by atoms with van der Waals surface area (Å²) in [4.78, 5) is 0.112. The maximum Gasteiger partial charge on any atom is 0.240 e. The highest BCUT2D eigenvalue weighted by atomic mass is 35.5. The van der Waals surface area contributed by atoms with Gasteiger partial charge in [0.25, 0.3) is 0 Å². The van der Waals surface area contributed by atoms with Crippen LogP contribution in [-0.4, -0.2) is 26.0 Å². The SMILES string of the molecule is NC(CCNS(=O)(=O)c1ccc(Cl)cc1)=NO. The molecule has 0 radical (unpaired) electrons. The average molecular weight is 278 g/mol. The molecular weight excluding hydrogens is 266 g/mol. The molecule has 0 spiro atoms. The van der Waals surface area contributed by atoms with Gasteiger partial charge in [-0.3, -0.25) is 0 Å². The molecule has 0 aliphatic rings. The second-order valence-electron chi connectivity index (χ2n) is 3.19. The lowest BCUT2D eigenvalue weighted by Gasteiger charge is -2.06. The summed E-state index contributed by atoms with van der Waals surface area (Å²) in [6.07, 6.45) is 0.128. The summed E-state index contributed by atoms with van der Waals surface area (Å²) in [7, 11) is -3.58. The fraction of sp³-hybridized carbons (Fsp3) is 0.222. The first-order chi connectivity index (χ1) is 7.95. The number of sulfonamides is 1. The van der Waals surface area contributed by atoms with Crippen LogP contribution in [0.1, 0.15) is 6.42 Å².